The van der Waals surface area contributed by atoms with E-state index in [1.165, 1.54) is 70.7 Å². The smallest absolute Gasteiger partial charge is 0.219 e. The molecule has 4 aliphatic rings. The first kappa shape index (κ1) is 50.3. The zero-order valence-electron chi connectivity index (χ0n) is 30.0. The number of likely N-dealkylation sites (tertiary alicyclic amines) is 2. The van der Waals surface area contributed by atoms with E-state index in [2.05, 4.69) is 41.4 Å². The van der Waals surface area contributed by atoms with Crippen molar-refractivity contribution in [1.82, 2.24) is 14.7 Å². The largest absolute Gasteiger partial charge is 0.362 e. The number of aliphatic imine (C=N–C) groups is 1. The zero-order valence-corrected chi connectivity index (χ0v) is 30.0. The molecule has 0 radical (unpaired) electrons. The van der Waals surface area contributed by atoms with Crippen LogP contribution in [0.1, 0.15) is 134 Å². The standard InChI is InChI=1S/C7H14N2.C7H13NO.C5H10N2.C5H9N.C3H7N.C3H8.C2H6.CH5N.CH4/c1-7(8)9-5-3-2-4-6-9;1-7(9)8-5-3-2-4-6-8;1-5-6-3-4-7(5)2;1-4(6)5-2-3-5;1-3(2)4;1-3-2;2*1-2;/h8H,2-6H2,1H3;2-6H2,1H3;3-4H2,1-2H3;5-6H,2-3H2,1H3;4H,1-2H3;3H2,1-2H3;1-2H3;2H2,1H3;1H4. The Morgan fingerprint density at radius 1 is 0.791 bits per heavy atom. The van der Waals surface area contributed by atoms with Crippen LogP contribution in [0.3, 0.4) is 0 Å². The van der Waals surface area contributed by atoms with Gasteiger partial charge in [0.1, 0.15) is 0 Å². The Bertz CT molecular complexity index is 661. The second-order valence-electron chi connectivity index (χ2n) is 10.7. The molecular weight excluding hydrogens is 536 g/mol. The number of rotatable bonds is 1. The zero-order chi connectivity index (χ0) is 33.5. The first-order chi connectivity index (χ1) is 19.9. The van der Waals surface area contributed by atoms with E-state index in [1.54, 1.807) is 20.8 Å². The predicted molar refractivity (Wildman–Crippen MR) is 195 cm³/mol. The minimum absolute atomic E-state index is 0. The van der Waals surface area contributed by atoms with Gasteiger partial charge in [0.15, 0.2) is 0 Å². The third-order valence-electron chi connectivity index (χ3n) is 6.15. The number of nitrogens with zero attached hydrogens (tertiary/aromatic N) is 4. The lowest BCUT2D eigenvalue weighted by atomic mass is 10.1. The molecular formula is C34H76N8O. The predicted octanol–water partition coefficient (Wildman–Crippen LogP) is 7.97. The molecule has 3 aliphatic heterocycles. The molecule has 4 rings (SSSR count). The maximum absolute atomic E-state index is 10.7. The van der Waals surface area contributed by atoms with Gasteiger partial charge in [-0.1, -0.05) is 41.5 Å². The summed E-state index contributed by atoms with van der Waals surface area (Å²) in [6.45, 7) is 25.4. The van der Waals surface area contributed by atoms with Gasteiger partial charge in [-0.3, -0.25) is 15.2 Å². The van der Waals surface area contributed by atoms with Crippen LogP contribution in [0.4, 0.5) is 0 Å². The summed E-state index contributed by atoms with van der Waals surface area (Å²) in [4.78, 5) is 21.1. The maximum Gasteiger partial charge on any atom is 0.219 e. The molecule has 5 N–H and O–H groups in total. The van der Waals surface area contributed by atoms with Gasteiger partial charge in [-0.05, 0) is 99.0 Å². The number of hydrogen-bond acceptors (Lipinski definition) is 7. The summed E-state index contributed by atoms with van der Waals surface area (Å²) < 4.78 is 0. The fourth-order valence-corrected chi connectivity index (χ4v) is 3.60. The highest BCUT2D eigenvalue weighted by Crippen LogP contribution is 2.29. The molecule has 0 aromatic carbocycles. The minimum Gasteiger partial charge on any atom is -0.362 e. The Kier molecular flexibility index (Phi) is 42.0. The molecule has 0 aromatic rings. The number of amides is 1. The van der Waals surface area contributed by atoms with Crippen LogP contribution < -0.4 is 5.73 Å². The van der Waals surface area contributed by atoms with Gasteiger partial charge in [0.2, 0.25) is 5.91 Å². The van der Waals surface area contributed by atoms with Gasteiger partial charge in [-0.2, -0.15) is 0 Å². The highest BCUT2D eigenvalue weighted by molar-refractivity contribution is 5.83. The summed E-state index contributed by atoms with van der Waals surface area (Å²) in [6, 6.07) is 0. The molecule has 43 heavy (non-hydrogen) atoms. The van der Waals surface area contributed by atoms with E-state index in [-0.39, 0.29) is 13.3 Å². The Balaban J connectivity index is -0.000000134. The second kappa shape index (κ2) is 35.9. The molecule has 0 bridgehead atoms. The van der Waals surface area contributed by atoms with Gasteiger partial charge < -0.3 is 31.3 Å². The van der Waals surface area contributed by atoms with E-state index in [0.29, 0.717) is 11.6 Å². The van der Waals surface area contributed by atoms with Crippen molar-refractivity contribution in [2.45, 2.75) is 134 Å². The fraction of sp³-hybridized carbons (Fsp3) is 0.853. The molecule has 0 aromatic heterocycles. The Hall–Kier alpha value is -2.29. The molecule has 0 unspecified atom stereocenters. The number of nitrogens with two attached hydrogens (primary N) is 1. The topological polar surface area (TPSA) is 137 Å². The molecule has 9 nitrogen and oxygen atoms in total. The van der Waals surface area contributed by atoms with Crippen LogP contribution >= 0.6 is 0 Å². The molecule has 1 aliphatic carbocycles. The first-order valence-corrected chi connectivity index (χ1v) is 16.3. The second-order valence-corrected chi connectivity index (χ2v) is 10.7. The van der Waals surface area contributed by atoms with Crippen molar-refractivity contribution in [2.75, 3.05) is 53.4 Å². The highest BCUT2D eigenvalue weighted by atomic mass is 16.2. The minimum atomic E-state index is 0. The van der Waals surface area contributed by atoms with E-state index >= 15 is 0 Å². The molecule has 9 heteroatoms. The Labute approximate surface area is 269 Å². The van der Waals surface area contributed by atoms with Crippen LogP contribution in [-0.4, -0.2) is 97.1 Å². The summed E-state index contributed by atoms with van der Waals surface area (Å²) in [6.07, 6.45) is 11.4. The molecule has 1 amide bonds. The average molecular weight is 613 g/mol. The first-order valence-electron chi connectivity index (χ1n) is 16.3. The van der Waals surface area contributed by atoms with Gasteiger partial charge in [0, 0.05) is 58.1 Å². The molecule has 2 saturated heterocycles. The van der Waals surface area contributed by atoms with Crippen LogP contribution in [-0.2, 0) is 4.79 Å². The average Bonchev–Trinajstić information content (AvgIpc) is 3.77. The van der Waals surface area contributed by atoms with Crippen LogP contribution in [0.25, 0.3) is 0 Å². The lowest BCUT2D eigenvalue weighted by Crippen LogP contribution is -2.33. The summed E-state index contributed by atoms with van der Waals surface area (Å²) in [5, 5.41) is 20.8. The van der Waals surface area contributed by atoms with E-state index in [0.717, 1.165) is 50.8 Å². The van der Waals surface area contributed by atoms with Crippen molar-refractivity contribution < 1.29 is 4.79 Å². The Morgan fingerprint density at radius 2 is 1.14 bits per heavy atom. The van der Waals surface area contributed by atoms with Crippen molar-refractivity contribution in [2.24, 2.45) is 16.6 Å². The van der Waals surface area contributed by atoms with Crippen molar-refractivity contribution >= 4 is 29.0 Å². The number of hydrogen-bond donors (Lipinski definition) is 4. The van der Waals surface area contributed by atoms with E-state index in [4.69, 9.17) is 16.2 Å². The maximum atomic E-state index is 10.7. The monoisotopic (exact) mass is 613 g/mol. The number of amidine groups is 2. The van der Waals surface area contributed by atoms with Gasteiger partial charge in [0.05, 0.1) is 18.2 Å². The quantitative estimate of drug-likeness (QED) is 0.176. The van der Waals surface area contributed by atoms with E-state index in [9.17, 15) is 4.79 Å². The van der Waals surface area contributed by atoms with Crippen LogP contribution in [0.15, 0.2) is 4.99 Å². The lowest BCUT2D eigenvalue weighted by Gasteiger charge is -2.27. The molecule has 3 fully saturated rings. The molecule has 3 heterocycles. The van der Waals surface area contributed by atoms with Crippen LogP contribution in [0.2, 0.25) is 0 Å². The summed E-state index contributed by atoms with van der Waals surface area (Å²) >= 11 is 0. The van der Waals surface area contributed by atoms with Gasteiger partial charge in [0.25, 0.3) is 0 Å². The van der Waals surface area contributed by atoms with Gasteiger partial charge in [-0.25, -0.2) is 0 Å². The number of carbonyl (C=O) groups is 1. The van der Waals surface area contributed by atoms with E-state index < -0.39 is 0 Å². The van der Waals surface area contributed by atoms with Crippen LogP contribution in [0, 0.1) is 22.1 Å². The fourth-order valence-electron chi connectivity index (χ4n) is 3.60. The lowest BCUT2D eigenvalue weighted by molar-refractivity contribution is -0.129. The summed E-state index contributed by atoms with van der Waals surface area (Å²) in [5.41, 5.74) is 6.04. The third-order valence-corrected chi connectivity index (χ3v) is 6.15. The van der Waals surface area contributed by atoms with Gasteiger partial charge in [-0.15, -0.1) is 0 Å². The van der Waals surface area contributed by atoms with Crippen LogP contribution in [0.5, 0.6) is 0 Å². The SMILES string of the molecule is C.CC.CC(=N)C1CC1.CC(=N)N1CCCCC1.CC(=O)N1CCCCC1.CC(C)=N.CC1=NCCN1C.CCC.CN. The Morgan fingerprint density at radius 3 is 1.26 bits per heavy atom. The summed E-state index contributed by atoms with van der Waals surface area (Å²) in [5.74, 6) is 2.81. The molecule has 0 spiro atoms. The third kappa shape index (κ3) is 37.7. The number of nitrogens with one attached hydrogen (secondary N) is 3. The normalized spacial score (nSPS) is 15.8. The molecule has 0 atom stereocenters. The van der Waals surface area contributed by atoms with Crippen molar-refractivity contribution in [1.29, 1.82) is 16.2 Å². The van der Waals surface area contributed by atoms with E-state index in [1.807, 2.05) is 39.5 Å². The molecule has 1 saturated carbocycles. The van der Waals surface area contributed by atoms with Crippen molar-refractivity contribution in [3.8, 4) is 0 Å². The highest BCUT2D eigenvalue weighted by Gasteiger charge is 2.22. The number of likely N-dealkylation sites (N-methyl/N-ethyl adjacent to an activating group) is 1. The number of piperidine rings is 2. The summed E-state index contributed by atoms with van der Waals surface area (Å²) in [7, 11) is 3.56. The number of carbonyl (C=O) groups excluding carboxylic acids is 1. The van der Waals surface area contributed by atoms with Crippen molar-refractivity contribution in [3.63, 3.8) is 0 Å². The molecule has 258 valence electrons. The van der Waals surface area contributed by atoms with Gasteiger partial charge >= 0.3 is 0 Å². The van der Waals surface area contributed by atoms with Crippen molar-refractivity contribution in [3.05, 3.63) is 0 Å².